The molecule has 0 saturated heterocycles. The van der Waals surface area contributed by atoms with Gasteiger partial charge in [0.25, 0.3) is 0 Å². The van der Waals surface area contributed by atoms with Gasteiger partial charge in [-0.25, -0.2) is 0 Å². The molecular weight excluding hydrogens is 172 g/mol. The van der Waals surface area contributed by atoms with Crippen molar-refractivity contribution in [2.75, 3.05) is 0 Å². The molecule has 0 unspecified atom stereocenters. The van der Waals surface area contributed by atoms with Crippen molar-refractivity contribution in [3.63, 3.8) is 0 Å². The minimum Gasteiger partial charge on any atom is -0.375 e. The average Bonchev–Trinajstić information content (AvgIpc) is 2.01. The normalized spacial score (nSPS) is 34.1. The van der Waals surface area contributed by atoms with Gasteiger partial charge in [-0.3, -0.25) is 0 Å². The standard InChI is InChI=1S/C13H26O/c1-9(2)12-7-6-11(5)8-13(12)14-10(3)4/h9-13H,6-8H2,1-5H3/t11-,12+,13-/m0/s1. The van der Waals surface area contributed by atoms with Crippen LogP contribution in [-0.2, 0) is 4.74 Å². The third-order valence-electron chi connectivity index (χ3n) is 3.41. The van der Waals surface area contributed by atoms with Crippen molar-refractivity contribution in [1.29, 1.82) is 0 Å². The Morgan fingerprint density at radius 2 is 1.71 bits per heavy atom. The van der Waals surface area contributed by atoms with E-state index in [2.05, 4.69) is 34.6 Å². The summed E-state index contributed by atoms with van der Waals surface area (Å²) in [5.74, 6) is 2.41. The minimum atomic E-state index is 0.381. The summed E-state index contributed by atoms with van der Waals surface area (Å²) in [4.78, 5) is 0. The molecule has 1 fully saturated rings. The fourth-order valence-electron chi connectivity index (χ4n) is 2.62. The monoisotopic (exact) mass is 198 g/mol. The number of hydrogen-bond donors (Lipinski definition) is 0. The molecule has 0 aromatic carbocycles. The molecule has 0 radical (unpaired) electrons. The van der Waals surface area contributed by atoms with Crippen molar-refractivity contribution in [2.24, 2.45) is 17.8 Å². The zero-order chi connectivity index (χ0) is 10.7. The molecule has 1 saturated carbocycles. The largest absolute Gasteiger partial charge is 0.375 e. The predicted octanol–water partition coefficient (Wildman–Crippen LogP) is 3.87. The second kappa shape index (κ2) is 5.16. The molecular formula is C13H26O. The zero-order valence-corrected chi connectivity index (χ0v) is 10.4. The molecule has 1 nitrogen and oxygen atoms in total. The quantitative estimate of drug-likeness (QED) is 0.669. The lowest BCUT2D eigenvalue weighted by atomic mass is 9.75. The van der Waals surface area contributed by atoms with Crippen LogP contribution in [0.5, 0.6) is 0 Å². The number of hydrogen-bond acceptors (Lipinski definition) is 1. The van der Waals surface area contributed by atoms with Crippen LogP contribution in [0.25, 0.3) is 0 Å². The third-order valence-corrected chi connectivity index (χ3v) is 3.41. The smallest absolute Gasteiger partial charge is 0.0611 e. The van der Waals surface area contributed by atoms with Gasteiger partial charge in [-0.1, -0.05) is 27.2 Å². The Hall–Kier alpha value is -0.0400. The van der Waals surface area contributed by atoms with E-state index in [-0.39, 0.29) is 0 Å². The summed E-state index contributed by atoms with van der Waals surface area (Å²) >= 11 is 0. The van der Waals surface area contributed by atoms with Crippen LogP contribution in [0, 0.1) is 17.8 Å². The molecule has 0 spiro atoms. The van der Waals surface area contributed by atoms with Gasteiger partial charge in [-0.15, -0.1) is 0 Å². The second-order valence-corrected chi connectivity index (χ2v) is 5.55. The molecule has 0 aliphatic heterocycles. The molecule has 0 aromatic heterocycles. The highest BCUT2D eigenvalue weighted by molar-refractivity contribution is 4.81. The summed E-state index contributed by atoms with van der Waals surface area (Å²) in [5.41, 5.74) is 0. The third kappa shape index (κ3) is 3.27. The molecule has 0 aromatic rings. The molecule has 1 aliphatic carbocycles. The fourth-order valence-corrected chi connectivity index (χ4v) is 2.62. The van der Waals surface area contributed by atoms with Crippen LogP contribution in [0.15, 0.2) is 0 Å². The second-order valence-electron chi connectivity index (χ2n) is 5.55. The van der Waals surface area contributed by atoms with Crippen molar-refractivity contribution < 1.29 is 4.74 Å². The molecule has 0 heterocycles. The minimum absolute atomic E-state index is 0.381. The summed E-state index contributed by atoms with van der Waals surface area (Å²) in [5, 5.41) is 0. The van der Waals surface area contributed by atoms with E-state index in [0.29, 0.717) is 12.2 Å². The van der Waals surface area contributed by atoms with Crippen LogP contribution in [0.2, 0.25) is 0 Å². The summed E-state index contributed by atoms with van der Waals surface area (Å²) in [6.45, 7) is 11.3. The van der Waals surface area contributed by atoms with Crippen LogP contribution in [0.1, 0.15) is 53.9 Å². The first-order chi connectivity index (χ1) is 6.50. The van der Waals surface area contributed by atoms with Gasteiger partial charge in [0.05, 0.1) is 12.2 Å². The van der Waals surface area contributed by atoms with E-state index < -0.39 is 0 Å². The first-order valence-electron chi connectivity index (χ1n) is 6.16. The number of rotatable bonds is 3. The Kier molecular flexibility index (Phi) is 4.43. The van der Waals surface area contributed by atoms with Gasteiger partial charge in [0.1, 0.15) is 0 Å². The fraction of sp³-hybridized carbons (Fsp3) is 1.00. The maximum absolute atomic E-state index is 6.04. The highest BCUT2D eigenvalue weighted by Gasteiger charge is 2.31. The van der Waals surface area contributed by atoms with E-state index in [1.54, 1.807) is 0 Å². The topological polar surface area (TPSA) is 9.23 Å². The molecule has 14 heavy (non-hydrogen) atoms. The highest BCUT2D eigenvalue weighted by Crippen LogP contribution is 2.35. The van der Waals surface area contributed by atoms with Gasteiger partial charge in [0.15, 0.2) is 0 Å². The lowest BCUT2D eigenvalue weighted by molar-refractivity contribution is -0.0672. The van der Waals surface area contributed by atoms with Gasteiger partial charge in [0, 0.05) is 0 Å². The molecule has 1 rings (SSSR count). The molecule has 0 bridgehead atoms. The van der Waals surface area contributed by atoms with Gasteiger partial charge in [-0.2, -0.15) is 0 Å². The van der Waals surface area contributed by atoms with E-state index in [1.807, 2.05) is 0 Å². The van der Waals surface area contributed by atoms with Crippen LogP contribution < -0.4 is 0 Å². The van der Waals surface area contributed by atoms with Crippen molar-refractivity contribution in [3.05, 3.63) is 0 Å². The lowest BCUT2D eigenvalue weighted by Crippen LogP contribution is -2.35. The maximum atomic E-state index is 6.04. The summed E-state index contributed by atoms with van der Waals surface area (Å²) in [7, 11) is 0. The van der Waals surface area contributed by atoms with Crippen molar-refractivity contribution in [3.8, 4) is 0 Å². The van der Waals surface area contributed by atoms with Gasteiger partial charge >= 0.3 is 0 Å². The molecule has 0 N–H and O–H groups in total. The van der Waals surface area contributed by atoms with E-state index in [4.69, 9.17) is 4.74 Å². The van der Waals surface area contributed by atoms with Crippen LogP contribution in [0.4, 0.5) is 0 Å². The van der Waals surface area contributed by atoms with E-state index in [0.717, 1.165) is 17.8 Å². The average molecular weight is 198 g/mol. The molecule has 3 atom stereocenters. The Labute approximate surface area is 89.2 Å². The van der Waals surface area contributed by atoms with Crippen molar-refractivity contribution >= 4 is 0 Å². The van der Waals surface area contributed by atoms with E-state index >= 15 is 0 Å². The Morgan fingerprint density at radius 1 is 1.07 bits per heavy atom. The lowest BCUT2D eigenvalue weighted by Gasteiger charge is -2.38. The van der Waals surface area contributed by atoms with E-state index in [9.17, 15) is 0 Å². The molecule has 1 heteroatoms. The SMILES string of the molecule is CC(C)O[C@H]1C[C@@H](C)CC[C@@H]1C(C)C. The Bertz CT molecular complexity index is 161. The van der Waals surface area contributed by atoms with Crippen molar-refractivity contribution in [1.82, 2.24) is 0 Å². The van der Waals surface area contributed by atoms with Gasteiger partial charge in [0.2, 0.25) is 0 Å². The van der Waals surface area contributed by atoms with Crippen LogP contribution in [0.3, 0.4) is 0 Å². The molecule has 84 valence electrons. The number of ether oxygens (including phenoxy) is 1. The first kappa shape index (κ1) is 12.0. The van der Waals surface area contributed by atoms with Crippen LogP contribution in [-0.4, -0.2) is 12.2 Å². The van der Waals surface area contributed by atoms with Crippen molar-refractivity contribution in [2.45, 2.75) is 66.1 Å². The maximum Gasteiger partial charge on any atom is 0.0611 e. The summed E-state index contributed by atoms with van der Waals surface area (Å²) < 4.78 is 6.04. The van der Waals surface area contributed by atoms with Gasteiger partial charge in [-0.05, 0) is 44.4 Å². The molecule has 1 aliphatic rings. The summed E-state index contributed by atoms with van der Waals surface area (Å²) in [6, 6.07) is 0. The summed E-state index contributed by atoms with van der Waals surface area (Å²) in [6.07, 6.45) is 4.91. The van der Waals surface area contributed by atoms with Crippen LogP contribution >= 0.6 is 0 Å². The highest BCUT2D eigenvalue weighted by atomic mass is 16.5. The Balaban J connectivity index is 2.54. The predicted molar refractivity (Wildman–Crippen MR) is 61.4 cm³/mol. The van der Waals surface area contributed by atoms with E-state index in [1.165, 1.54) is 19.3 Å². The zero-order valence-electron chi connectivity index (χ0n) is 10.4. The van der Waals surface area contributed by atoms with Gasteiger partial charge < -0.3 is 4.74 Å². The first-order valence-corrected chi connectivity index (χ1v) is 6.16. The molecule has 0 amide bonds. The Morgan fingerprint density at radius 3 is 2.21 bits per heavy atom.